The van der Waals surface area contributed by atoms with Gasteiger partial charge in [0.15, 0.2) is 5.76 Å². The minimum absolute atomic E-state index is 0.184. The van der Waals surface area contributed by atoms with Crippen LogP contribution in [0.1, 0.15) is 27.2 Å². The summed E-state index contributed by atoms with van der Waals surface area (Å²) in [6, 6.07) is 14.4. The standard InChI is InChI=1S/C21H16N4O3/c1-13-19-16(10-17(18-4-3-9-27-18)23-20(19)28-24-13)21(26)25(2)12-15-7-5-14(11-22)6-8-15/h3-10H,12H2,1-2H3. The van der Waals surface area contributed by atoms with Gasteiger partial charge in [0.25, 0.3) is 11.6 Å². The van der Waals surface area contributed by atoms with Crippen molar-refractivity contribution in [2.24, 2.45) is 0 Å². The molecule has 28 heavy (non-hydrogen) atoms. The molecular weight excluding hydrogens is 356 g/mol. The molecule has 0 spiro atoms. The van der Waals surface area contributed by atoms with Crippen LogP contribution < -0.4 is 0 Å². The number of hydrogen-bond acceptors (Lipinski definition) is 6. The molecule has 0 bridgehead atoms. The number of hydrogen-bond donors (Lipinski definition) is 0. The lowest BCUT2D eigenvalue weighted by Crippen LogP contribution is -2.26. The van der Waals surface area contributed by atoms with Gasteiger partial charge in [0.1, 0.15) is 5.69 Å². The number of aryl methyl sites for hydroxylation is 1. The number of amides is 1. The highest BCUT2D eigenvalue weighted by Gasteiger charge is 2.22. The number of nitrogens with zero attached hydrogens (tertiary/aromatic N) is 4. The molecule has 0 saturated heterocycles. The van der Waals surface area contributed by atoms with Crippen LogP contribution in [0.2, 0.25) is 0 Å². The van der Waals surface area contributed by atoms with E-state index in [1.54, 1.807) is 55.5 Å². The second kappa shape index (κ2) is 7.00. The van der Waals surface area contributed by atoms with Gasteiger partial charge in [0, 0.05) is 13.6 Å². The van der Waals surface area contributed by atoms with E-state index < -0.39 is 0 Å². The van der Waals surface area contributed by atoms with Crippen LogP contribution in [0.3, 0.4) is 0 Å². The number of carbonyl (C=O) groups is 1. The number of furan rings is 1. The number of benzene rings is 1. The van der Waals surface area contributed by atoms with E-state index >= 15 is 0 Å². The Morgan fingerprint density at radius 3 is 2.71 bits per heavy atom. The maximum atomic E-state index is 13.2. The van der Waals surface area contributed by atoms with Crippen LogP contribution >= 0.6 is 0 Å². The molecule has 0 aliphatic carbocycles. The van der Waals surface area contributed by atoms with Crippen LogP contribution in [0.15, 0.2) is 57.7 Å². The fourth-order valence-electron chi connectivity index (χ4n) is 3.05. The fourth-order valence-corrected chi connectivity index (χ4v) is 3.05. The maximum Gasteiger partial charge on any atom is 0.259 e. The average molecular weight is 372 g/mol. The van der Waals surface area contributed by atoms with E-state index in [0.717, 1.165) is 5.56 Å². The maximum absolute atomic E-state index is 13.2. The number of fused-ring (bicyclic) bond motifs is 1. The van der Waals surface area contributed by atoms with E-state index in [1.165, 1.54) is 0 Å². The lowest BCUT2D eigenvalue weighted by Gasteiger charge is -2.18. The van der Waals surface area contributed by atoms with Crippen molar-refractivity contribution in [3.05, 3.63) is 71.1 Å². The molecule has 0 unspecified atom stereocenters. The highest BCUT2D eigenvalue weighted by molar-refractivity contribution is 6.06. The van der Waals surface area contributed by atoms with Crippen molar-refractivity contribution in [3.63, 3.8) is 0 Å². The quantitative estimate of drug-likeness (QED) is 0.538. The van der Waals surface area contributed by atoms with Gasteiger partial charge in [-0.05, 0) is 42.8 Å². The lowest BCUT2D eigenvalue weighted by atomic mass is 10.1. The SMILES string of the molecule is Cc1noc2nc(-c3ccco3)cc(C(=O)N(C)Cc3ccc(C#N)cc3)c12. The third kappa shape index (κ3) is 3.12. The monoisotopic (exact) mass is 372 g/mol. The minimum Gasteiger partial charge on any atom is -0.463 e. The lowest BCUT2D eigenvalue weighted by molar-refractivity contribution is 0.0787. The Hall–Kier alpha value is -3.92. The second-order valence-electron chi connectivity index (χ2n) is 6.45. The molecule has 0 aliphatic rings. The number of aromatic nitrogens is 2. The first-order valence-corrected chi connectivity index (χ1v) is 8.62. The van der Waals surface area contributed by atoms with Gasteiger partial charge in [-0.3, -0.25) is 4.79 Å². The smallest absolute Gasteiger partial charge is 0.259 e. The summed E-state index contributed by atoms with van der Waals surface area (Å²) in [4.78, 5) is 19.2. The van der Waals surface area contributed by atoms with Gasteiger partial charge in [-0.2, -0.15) is 5.26 Å². The zero-order chi connectivity index (χ0) is 19.7. The highest BCUT2D eigenvalue weighted by atomic mass is 16.5. The van der Waals surface area contributed by atoms with E-state index in [-0.39, 0.29) is 5.91 Å². The first kappa shape index (κ1) is 17.5. The number of rotatable bonds is 4. The molecule has 4 aromatic rings. The number of carbonyl (C=O) groups excluding carboxylic acids is 1. The third-order valence-corrected chi connectivity index (χ3v) is 4.47. The van der Waals surface area contributed by atoms with E-state index in [2.05, 4.69) is 16.2 Å². The molecule has 7 nitrogen and oxygen atoms in total. The summed E-state index contributed by atoms with van der Waals surface area (Å²) in [5.41, 5.74) is 3.35. The van der Waals surface area contributed by atoms with Crippen LogP contribution in [0, 0.1) is 18.3 Å². The Balaban J connectivity index is 1.71. The fraction of sp³-hybridized carbons (Fsp3) is 0.143. The average Bonchev–Trinajstić information content (AvgIpc) is 3.38. The molecule has 0 saturated carbocycles. The van der Waals surface area contributed by atoms with Crippen LogP contribution in [0.4, 0.5) is 0 Å². The van der Waals surface area contributed by atoms with Crippen molar-refractivity contribution in [3.8, 4) is 17.5 Å². The summed E-state index contributed by atoms with van der Waals surface area (Å²) in [5.74, 6) is 0.357. The molecule has 1 amide bonds. The topological polar surface area (TPSA) is 96.2 Å². The molecular formula is C21H16N4O3. The first-order valence-electron chi connectivity index (χ1n) is 8.62. The summed E-state index contributed by atoms with van der Waals surface area (Å²) in [5, 5.41) is 13.5. The highest BCUT2D eigenvalue weighted by Crippen LogP contribution is 2.28. The van der Waals surface area contributed by atoms with Gasteiger partial charge in [-0.1, -0.05) is 17.3 Å². The van der Waals surface area contributed by atoms with Gasteiger partial charge in [0.2, 0.25) is 0 Å². The normalized spacial score (nSPS) is 10.8. The van der Waals surface area contributed by atoms with E-state index in [4.69, 9.17) is 14.2 Å². The zero-order valence-electron chi connectivity index (χ0n) is 15.3. The van der Waals surface area contributed by atoms with E-state index in [9.17, 15) is 4.79 Å². The summed E-state index contributed by atoms with van der Waals surface area (Å²) in [7, 11) is 1.72. The third-order valence-electron chi connectivity index (χ3n) is 4.47. The largest absolute Gasteiger partial charge is 0.463 e. The van der Waals surface area contributed by atoms with Crippen molar-refractivity contribution in [2.75, 3.05) is 7.05 Å². The number of pyridine rings is 1. The van der Waals surface area contributed by atoms with Gasteiger partial charge in [-0.25, -0.2) is 4.98 Å². The Morgan fingerprint density at radius 1 is 1.25 bits per heavy atom. The molecule has 7 heteroatoms. The van der Waals surface area contributed by atoms with Crippen LogP contribution in [0.5, 0.6) is 0 Å². The van der Waals surface area contributed by atoms with Crippen LogP contribution in [-0.2, 0) is 6.54 Å². The molecule has 0 aliphatic heterocycles. The number of nitriles is 1. The summed E-state index contributed by atoms with van der Waals surface area (Å²) in [6.45, 7) is 2.17. The Kier molecular flexibility index (Phi) is 4.38. The van der Waals surface area contributed by atoms with Gasteiger partial charge in [-0.15, -0.1) is 0 Å². The van der Waals surface area contributed by atoms with E-state index in [1.807, 2.05) is 12.1 Å². The van der Waals surface area contributed by atoms with Crippen molar-refractivity contribution in [1.29, 1.82) is 5.26 Å². The Bertz CT molecular complexity index is 1190. The van der Waals surface area contributed by atoms with Gasteiger partial charge < -0.3 is 13.8 Å². The molecule has 138 valence electrons. The molecule has 0 atom stereocenters. The summed E-state index contributed by atoms with van der Waals surface area (Å²) >= 11 is 0. The zero-order valence-corrected chi connectivity index (χ0v) is 15.3. The Morgan fingerprint density at radius 2 is 2.04 bits per heavy atom. The molecule has 1 aromatic carbocycles. The second-order valence-corrected chi connectivity index (χ2v) is 6.45. The minimum atomic E-state index is -0.184. The van der Waals surface area contributed by atoms with Crippen molar-refractivity contribution < 1.29 is 13.7 Å². The van der Waals surface area contributed by atoms with Gasteiger partial charge >= 0.3 is 0 Å². The Labute approximate surface area is 160 Å². The van der Waals surface area contributed by atoms with Gasteiger partial charge in [0.05, 0.1) is 34.5 Å². The van der Waals surface area contributed by atoms with Crippen molar-refractivity contribution in [1.82, 2.24) is 15.0 Å². The predicted octanol–water partition coefficient (Wildman–Crippen LogP) is 3.94. The van der Waals surface area contributed by atoms with Crippen LogP contribution in [0.25, 0.3) is 22.6 Å². The molecule has 0 N–H and O–H groups in total. The molecule has 3 heterocycles. The summed E-state index contributed by atoms with van der Waals surface area (Å²) in [6.07, 6.45) is 1.55. The van der Waals surface area contributed by atoms with Crippen molar-refractivity contribution in [2.45, 2.75) is 13.5 Å². The van der Waals surface area contributed by atoms with Crippen LogP contribution in [-0.4, -0.2) is 28.0 Å². The summed E-state index contributed by atoms with van der Waals surface area (Å²) < 4.78 is 10.7. The van der Waals surface area contributed by atoms with E-state index in [0.29, 0.717) is 45.9 Å². The molecule has 3 aromatic heterocycles. The van der Waals surface area contributed by atoms with Crippen molar-refractivity contribution >= 4 is 17.0 Å². The molecule has 0 radical (unpaired) electrons. The first-order chi connectivity index (χ1) is 13.6. The predicted molar refractivity (Wildman–Crippen MR) is 101 cm³/mol. The molecule has 4 rings (SSSR count). The molecule has 0 fully saturated rings.